The zero-order valence-corrected chi connectivity index (χ0v) is 12.0. The van der Waals surface area contributed by atoms with Crippen molar-refractivity contribution in [3.8, 4) is 0 Å². The molecule has 110 valence electrons. The zero-order valence-electron chi connectivity index (χ0n) is 12.0. The highest BCUT2D eigenvalue weighted by Gasteiger charge is 2.32. The van der Waals surface area contributed by atoms with Crippen LogP contribution in [0.3, 0.4) is 0 Å². The first-order valence-electron chi connectivity index (χ1n) is 6.56. The molecule has 0 aliphatic carbocycles. The summed E-state index contributed by atoms with van der Waals surface area (Å²) in [5.41, 5.74) is 0.832. The number of carbonyl (C=O) groups is 2. The van der Waals surface area contributed by atoms with Gasteiger partial charge < -0.3 is 15.1 Å². The summed E-state index contributed by atoms with van der Waals surface area (Å²) in [5, 5.41) is 19.1. The number of nitrogens with zero attached hydrogens (tertiary/aromatic N) is 1. The maximum atomic E-state index is 12.1. The summed E-state index contributed by atoms with van der Waals surface area (Å²) in [6.45, 7) is 3.46. The minimum absolute atomic E-state index is 0.175. The lowest BCUT2D eigenvalue weighted by atomic mass is 10.0. The van der Waals surface area contributed by atoms with Gasteiger partial charge in [-0.1, -0.05) is 44.2 Å². The molecule has 1 aromatic rings. The van der Waals surface area contributed by atoms with Crippen molar-refractivity contribution in [2.45, 2.75) is 32.4 Å². The van der Waals surface area contributed by atoms with Gasteiger partial charge in [0, 0.05) is 13.5 Å². The Morgan fingerprint density at radius 2 is 1.75 bits per heavy atom. The third-order valence-corrected chi connectivity index (χ3v) is 3.21. The van der Waals surface area contributed by atoms with Gasteiger partial charge in [0.2, 0.25) is 0 Å². The Bertz CT molecular complexity index is 458. The Labute approximate surface area is 118 Å². The van der Waals surface area contributed by atoms with Gasteiger partial charge in [-0.2, -0.15) is 0 Å². The van der Waals surface area contributed by atoms with Crippen molar-refractivity contribution in [2.75, 3.05) is 7.05 Å². The van der Waals surface area contributed by atoms with E-state index < -0.39 is 24.0 Å². The lowest BCUT2D eigenvalue weighted by molar-refractivity contribution is -0.154. The quantitative estimate of drug-likeness (QED) is 0.819. The lowest BCUT2D eigenvalue weighted by Gasteiger charge is -2.29. The van der Waals surface area contributed by atoms with E-state index in [1.807, 2.05) is 30.3 Å². The highest BCUT2D eigenvalue weighted by atomic mass is 16.4. The number of rotatable bonds is 6. The standard InChI is InChI=1S/C15H21NO4/c1-10(2)13(15(19)20)16(3)14(18)12(17)9-11-7-5-4-6-8-11/h4-8,10,12-13,17H,9H2,1-3H3,(H,19,20)/t12-,13-/m1/s1. The number of amides is 1. The van der Waals surface area contributed by atoms with E-state index in [2.05, 4.69) is 0 Å². The summed E-state index contributed by atoms with van der Waals surface area (Å²) >= 11 is 0. The molecule has 20 heavy (non-hydrogen) atoms. The monoisotopic (exact) mass is 279 g/mol. The second-order valence-electron chi connectivity index (χ2n) is 5.18. The predicted molar refractivity (Wildman–Crippen MR) is 75.2 cm³/mol. The summed E-state index contributed by atoms with van der Waals surface area (Å²) in [5.74, 6) is -1.87. The molecule has 0 saturated carbocycles. The number of hydrogen-bond donors (Lipinski definition) is 2. The average Bonchev–Trinajstić information content (AvgIpc) is 2.37. The SMILES string of the molecule is CC(C)[C@H](C(=O)O)N(C)C(=O)[C@H](O)Cc1ccccc1. The van der Waals surface area contributed by atoms with Gasteiger partial charge in [0.15, 0.2) is 0 Å². The van der Waals surface area contributed by atoms with Gasteiger partial charge in [0.05, 0.1) is 0 Å². The molecule has 0 fully saturated rings. The van der Waals surface area contributed by atoms with E-state index in [-0.39, 0.29) is 12.3 Å². The van der Waals surface area contributed by atoms with Gasteiger partial charge in [0.25, 0.3) is 5.91 Å². The van der Waals surface area contributed by atoms with Crippen molar-refractivity contribution in [3.63, 3.8) is 0 Å². The van der Waals surface area contributed by atoms with E-state index in [4.69, 9.17) is 5.11 Å². The molecule has 5 nitrogen and oxygen atoms in total. The zero-order chi connectivity index (χ0) is 15.3. The molecule has 2 N–H and O–H groups in total. The molecule has 0 spiro atoms. The largest absolute Gasteiger partial charge is 0.480 e. The van der Waals surface area contributed by atoms with Gasteiger partial charge in [0.1, 0.15) is 12.1 Å². The third-order valence-electron chi connectivity index (χ3n) is 3.21. The van der Waals surface area contributed by atoms with Crippen molar-refractivity contribution >= 4 is 11.9 Å². The molecule has 0 heterocycles. The summed E-state index contributed by atoms with van der Waals surface area (Å²) < 4.78 is 0. The van der Waals surface area contributed by atoms with Crippen LogP contribution in [0.2, 0.25) is 0 Å². The van der Waals surface area contributed by atoms with Gasteiger partial charge in [-0.15, -0.1) is 0 Å². The van der Waals surface area contributed by atoms with Crippen LogP contribution in [0.5, 0.6) is 0 Å². The Hall–Kier alpha value is -1.88. The Balaban J connectivity index is 2.75. The maximum absolute atomic E-state index is 12.1. The van der Waals surface area contributed by atoms with Crippen molar-refractivity contribution in [3.05, 3.63) is 35.9 Å². The minimum atomic E-state index is -1.23. The number of likely N-dealkylation sites (N-methyl/N-ethyl adjacent to an activating group) is 1. The smallest absolute Gasteiger partial charge is 0.326 e. The number of hydrogen-bond acceptors (Lipinski definition) is 3. The number of aliphatic hydroxyl groups excluding tert-OH is 1. The van der Waals surface area contributed by atoms with Gasteiger partial charge in [-0.05, 0) is 11.5 Å². The number of carbonyl (C=O) groups excluding carboxylic acids is 1. The van der Waals surface area contributed by atoms with E-state index in [0.29, 0.717) is 0 Å². The predicted octanol–water partition coefficient (Wildman–Crippen LogP) is 1.16. The van der Waals surface area contributed by atoms with E-state index in [1.54, 1.807) is 13.8 Å². The van der Waals surface area contributed by atoms with Crippen molar-refractivity contribution < 1.29 is 19.8 Å². The third kappa shape index (κ3) is 4.06. The fourth-order valence-corrected chi connectivity index (χ4v) is 2.19. The first kappa shape index (κ1) is 16.2. The number of aliphatic hydroxyl groups is 1. The van der Waals surface area contributed by atoms with Crippen LogP contribution in [-0.2, 0) is 16.0 Å². The van der Waals surface area contributed by atoms with Crippen LogP contribution in [0.25, 0.3) is 0 Å². The lowest BCUT2D eigenvalue weighted by Crippen LogP contribution is -2.49. The highest BCUT2D eigenvalue weighted by molar-refractivity contribution is 5.86. The van der Waals surface area contributed by atoms with Gasteiger partial charge in [-0.3, -0.25) is 4.79 Å². The summed E-state index contributed by atoms with van der Waals surface area (Å²) in [6, 6.07) is 8.19. The summed E-state index contributed by atoms with van der Waals surface area (Å²) in [6.07, 6.45) is -1.06. The second-order valence-corrected chi connectivity index (χ2v) is 5.18. The topological polar surface area (TPSA) is 77.8 Å². The molecule has 0 bridgehead atoms. The Morgan fingerprint density at radius 1 is 1.20 bits per heavy atom. The van der Waals surface area contributed by atoms with E-state index in [9.17, 15) is 14.7 Å². The fourth-order valence-electron chi connectivity index (χ4n) is 2.19. The van der Waals surface area contributed by atoms with Crippen LogP contribution in [0.1, 0.15) is 19.4 Å². The molecule has 0 saturated heterocycles. The first-order chi connectivity index (χ1) is 9.34. The molecule has 0 radical (unpaired) electrons. The molecule has 0 unspecified atom stereocenters. The van der Waals surface area contributed by atoms with E-state index in [0.717, 1.165) is 10.5 Å². The van der Waals surface area contributed by atoms with Gasteiger partial charge in [-0.25, -0.2) is 4.79 Å². The van der Waals surface area contributed by atoms with Gasteiger partial charge >= 0.3 is 5.97 Å². The Morgan fingerprint density at radius 3 is 2.20 bits per heavy atom. The van der Waals surface area contributed by atoms with E-state index in [1.165, 1.54) is 7.05 Å². The van der Waals surface area contributed by atoms with Crippen molar-refractivity contribution in [1.82, 2.24) is 4.90 Å². The van der Waals surface area contributed by atoms with Crippen LogP contribution in [0, 0.1) is 5.92 Å². The van der Waals surface area contributed by atoms with Crippen LogP contribution in [0.4, 0.5) is 0 Å². The maximum Gasteiger partial charge on any atom is 0.326 e. The van der Waals surface area contributed by atoms with Crippen molar-refractivity contribution in [1.29, 1.82) is 0 Å². The van der Waals surface area contributed by atoms with Crippen molar-refractivity contribution in [2.24, 2.45) is 5.92 Å². The number of carboxylic acid groups (broad SMARTS) is 1. The molecule has 1 amide bonds. The molecule has 0 aromatic heterocycles. The normalized spacial score (nSPS) is 13.8. The minimum Gasteiger partial charge on any atom is -0.480 e. The first-order valence-corrected chi connectivity index (χ1v) is 6.56. The second kappa shape index (κ2) is 7.05. The fraction of sp³-hybridized carbons (Fsp3) is 0.467. The summed E-state index contributed by atoms with van der Waals surface area (Å²) in [7, 11) is 1.41. The van der Waals surface area contributed by atoms with E-state index >= 15 is 0 Å². The molecule has 0 aliphatic heterocycles. The number of carboxylic acids is 1. The average molecular weight is 279 g/mol. The molecule has 5 heteroatoms. The molecule has 0 aliphatic rings. The van der Waals surface area contributed by atoms with Crippen LogP contribution in [0.15, 0.2) is 30.3 Å². The molecule has 1 rings (SSSR count). The Kier molecular flexibility index (Phi) is 5.70. The molecular weight excluding hydrogens is 258 g/mol. The van der Waals surface area contributed by atoms with Crippen LogP contribution < -0.4 is 0 Å². The molecule has 2 atom stereocenters. The molecular formula is C15H21NO4. The van der Waals surface area contributed by atoms with Crippen LogP contribution in [-0.4, -0.2) is 46.2 Å². The number of aliphatic carboxylic acids is 1. The molecule has 1 aromatic carbocycles. The number of benzene rings is 1. The summed E-state index contributed by atoms with van der Waals surface area (Å²) in [4.78, 5) is 24.4. The van der Waals surface area contributed by atoms with Crippen LogP contribution >= 0.6 is 0 Å². The highest BCUT2D eigenvalue weighted by Crippen LogP contribution is 2.13.